The van der Waals surface area contributed by atoms with Crippen LogP contribution in [0.3, 0.4) is 0 Å². The summed E-state index contributed by atoms with van der Waals surface area (Å²) in [7, 11) is -2.05. The van der Waals surface area contributed by atoms with Crippen LogP contribution in [0.5, 0.6) is 5.75 Å². The summed E-state index contributed by atoms with van der Waals surface area (Å²) in [5.74, 6) is 0.785. The number of nitrogens with one attached hydrogen (secondary N) is 1. The average molecular weight is 358 g/mol. The van der Waals surface area contributed by atoms with Crippen LogP contribution in [0.4, 0.5) is 0 Å². The molecule has 5 nitrogen and oxygen atoms in total. The quantitative estimate of drug-likeness (QED) is 0.631. The van der Waals surface area contributed by atoms with Crippen molar-refractivity contribution in [1.82, 2.24) is 4.83 Å². The maximum absolute atomic E-state index is 12.2. The van der Waals surface area contributed by atoms with Crippen molar-refractivity contribution in [2.45, 2.75) is 25.7 Å². The molecule has 0 fully saturated rings. The third-order valence-electron chi connectivity index (χ3n) is 3.64. The Morgan fingerprint density at radius 2 is 1.64 bits per heavy atom. The molecule has 0 atom stereocenters. The van der Waals surface area contributed by atoms with Crippen molar-refractivity contribution in [3.8, 4) is 5.75 Å². The van der Waals surface area contributed by atoms with Crippen molar-refractivity contribution < 1.29 is 13.2 Å². The molecule has 0 bridgehead atoms. The van der Waals surface area contributed by atoms with Gasteiger partial charge in [0.25, 0.3) is 10.0 Å². The van der Waals surface area contributed by atoms with Gasteiger partial charge in [-0.1, -0.05) is 29.8 Å². The van der Waals surface area contributed by atoms with E-state index in [2.05, 4.69) is 9.93 Å². The summed E-state index contributed by atoms with van der Waals surface area (Å²) in [5.41, 5.74) is 3.54. The summed E-state index contributed by atoms with van der Waals surface area (Å²) < 4.78 is 29.6. The molecule has 2 aromatic rings. The fourth-order valence-electron chi connectivity index (χ4n) is 2.19. The van der Waals surface area contributed by atoms with Gasteiger partial charge in [0.15, 0.2) is 0 Å². The SMILES string of the molecule is COc1ccc(/C(C)=C/C(C)=N\NS(=O)(=O)c2ccc(C)cc2)cc1. The second-order valence-electron chi connectivity index (χ2n) is 5.72. The number of methoxy groups -OCH3 is 1. The number of hydrazone groups is 1. The smallest absolute Gasteiger partial charge is 0.276 e. The molecule has 0 aliphatic heterocycles. The highest BCUT2D eigenvalue weighted by atomic mass is 32.2. The van der Waals surface area contributed by atoms with Crippen molar-refractivity contribution in [2.75, 3.05) is 7.11 Å². The molecule has 0 radical (unpaired) electrons. The Kier molecular flexibility index (Phi) is 5.98. The lowest BCUT2D eigenvalue weighted by molar-refractivity contribution is 0.415. The van der Waals surface area contributed by atoms with E-state index < -0.39 is 10.0 Å². The zero-order chi connectivity index (χ0) is 18.4. The zero-order valence-electron chi connectivity index (χ0n) is 14.8. The molecule has 0 unspecified atom stereocenters. The molecular weight excluding hydrogens is 336 g/mol. The Balaban J connectivity index is 2.13. The Bertz CT molecular complexity index is 881. The first-order chi connectivity index (χ1) is 11.8. The van der Waals surface area contributed by atoms with E-state index in [1.807, 2.05) is 44.2 Å². The van der Waals surface area contributed by atoms with Gasteiger partial charge in [-0.25, -0.2) is 0 Å². The number of allylic oxidation sites excluding steroid dienone is 2. The Morgan fingerprint density at radius 3 is 2.20 bits per heavy atom. The minimum absolute atomic E-state index is 0.186. The van der Waals surface area contributed by atoms with Crippen LogP contribution >= 0.6 is 0 Å². The Hall–Kier alpha value is -2.60. The van der Waals surface area contributed by atoms with Gasteiger partial charge in [0.05, 0.1) is 17.7 Å². The number of hydrogen-bond donors (Lipinski definition) is 1. The Labute approximate surface area is 149 Å². The largest absolute Gasteiger partial charge is 0.497 e. The first-order valence-electron chi connectivity index (χ1n) is 7.77. The van der Waals surface area contributed by atoms with Crippen LogP contribution in [-0.2, 0) is 10.0 Å². The van der Waals surface area contributed by atoms with Gasteiger partial charge in [0, 0.05) is 0 Å². The minimum atomic E-state index is -3.66. The molecule has 0 saturated heterocycles. The fraction of sp³-hybridized carbons (Fsp3) is 0.211. The van der Waals surface area contributed by atoms with Crippen LogP contribution in [0.1, 0.15) is 25.0 Å². The number of sulfonamides is 1. The summed E-state index contributed by atoms with van der Waals surface area (Å²) in [5, 5.41) is 3.97. The van der Waals surface area contributed by atoms with Crippen LogP contribution in [0.2, 0.25) is 0 Å². The van der Waals surface area contributed by atoms with Crippen molar-refractivity contribution in [3.05, 3.63) is 65.7 Å². The topological polar surface area (TPSA) is 67.8 Å². The zero-order valence-corrected chi connectivity index (χ0v) is 15.6. The summed E-state index contributed by atoms with van der Waals surface area (Å²) in [6.07, 6.45) is 1.82. The molecule has 0 aliphatic rings. The molecule has 2 aromatic carbocycles. The first-order valence-corrected chi connectivity index (χ1v) is 9.25. The number of rotatable bonds is 6. The summed E-state index contributed by atoms with van der Waals surface area (Å²) in [4.78, 5) is 2.45. The molecule has 25 heavy (non-hydrogen) atoms. The maximum Gasteiger partial charge on any atom is 0.276 e. The van der Waals surface area contributed by atoms with E-state index in [9.17, 15) is 8.42 Å². The van der Waals surface area contributed by atoms with Crippen molar-refractivity contribution in [1.29, 1.82) is 0 Å². The molecule has 0 saturated carbocycles. The lowest BCUT2D eigenvalue weighted by atomic mass is 10.1. The van der Waals surface area contributed by atoms with Gasteiger partial charge >= 0.3 is 0 Å². The molecule has 0 aromatic heterocycles. The van der Waals surface area contributed by atoms with Gasteiger partial charge in [-0.15, -0.1) is 0 Å². The van der Waals surface area contributed by atoms with Gasteiger partial charge in [0.2, 0.25) is 0 Å². The van der Waals surface area contributed by atoms with Gasteiger partial charge in [-0.3, -0.25) is 0 Å². The van der Waals surface area contributed by atoms with Gasteiger partial charge in [-0.2, -0.15) is 18.4 Å². The fourth-order valence-corrected chi connectivity index (χ4v) is 3.05. The standard InChI is InChI=1S/C19H22N2O3S/c1-14-5-11-19(12-6-14)25(22,23)21-20-16(3)13-15(2)17-7-9-18(24-4)10-8-17/h5-13,21H,1-4H3/b15-13+,20-16-. The first kappa shape index (κ1) is 18.7. The molecular formula is C19H22N2O3S. The number of ether oxygens (including phenoxy) is 1. The number of aryl methyl sites for hydroxylation is 1. The molecule has 2 rings (SSSR count). The van der Waals surface area contributed by atoms with E-state index >= 15 is 0 Å². The van der Waals surface area contributed by atoms with E-state index in [1.54, 1.807) is 38.3 Å². The number of nitrogens with zero attached hydrogens (tertiary/aromatic N) is 1. The normalized spacial score (nSPS) is 12.8. The lowest BCUT2D eigenvalue weighted by Crippen LogP contribution is -2.19. The van der Waals surface area contributed by atoms with Crippen molar-refractivity contribution in [2.24, 2.45) is 5.10 Å². The summed E-state index contributed by atoms with van der Waals surface area (Å²) in [6.45, 7) is 5.58. The third-order valence-corrected chi connectivity index (χ3v) is 4.87. The molecule has 6 heteroatoms. The second kappa shape index (κ2) is 7.98. The third kappa shape index (κ3) is 5.19. The Morgan fingerprint density at radius 1 is 1.04 bits per heavy atom. The highest BCUT2D eigenvalue weighted by Gasteiger charge is 2.12. The highest BCUT2D eigenvalue weighted by Crippen LogP contribution is 2.18. The van der Waals surface area contributed by atoms with Gasteiger partial charge in [-0.05, 0) is 62.2 Å². The number of benzene rings is 2. The predicted molar refractivity (Wildman–Crippen MR) is 101 cm³/mol. The molecule has 132 valence electrons. The lowest BCUT2D eigenvalue weighted by Gasteiger charge is -2.06. The van der Waals surface area contributed by atoms with Crippen LogP contribution in [0.25, 0.3) is 5.57 Å². The van der Waals surface area contributed by atoms with Crippen LogP contribution in [0, 0.1) is 6.92 Å². The van der Waals surface area contributed by atoms with E-state index in [-0.39, 0.29) is 4.90 Å². The predicted octanol–water partition coefficient (Wildman–Crippen LogP) is 3.76. The molecule has 1 N–H and O–H groups in total. The number of hydrogen-bond acceptors (Lipinski definition) is 4. The van der Waals surface area contributed by atoms with E-state index in [4.69, 9.17) is 4.74 Å². The molecule has 0 aliphatic carbocycles. The van der Waals surface area contributed by atoms with Gasteiger partial charge < -0.3 is 4.74 Å². The minimum Gasteiger partial charge on any atom is -0.497 e. The highest BCUT2D eigenvalue weighted by molar-refractivity contribution is 7.89. The van der Waals surface area contributed by atoms with E-state index in [0.717, 1.165) is 22.4 Å². The van der Waals surface area contributed by atoms with Gasteiger partial charge in [0.1, 0.15) is 5.75 Å². The summed E-state index contributed by atoms with van der Waals surface area (Å²) in [6, 6.07) is 14.2. The average Bonchev–Trinajstić information content (AvgIpc) is 2.60. The maximum atomic E-state index is 12.2. The second-order valence-corrected chi connectivity index (χ2v) is 7.38. The molecule has 0 spiro atoms. The summed E-state index contributed by atoms with van der Waals surface area (Å²) >= 11 is 0. The van der Waals surface area contributed by atoms with Crippen LogP contribution < -0.4 is 9.57 Å². The van der Waals surface area contributed by atoms with Crippen LogP contribution in [0.15, 0.2) is 64.6 Å². The molecule has 0 heterocycles. The molecule has 0 amide bonds. The monoisotopic (exact) mass is 358 g/mol. The van der Waals surface area contributed by atoms with E-state index in [0.29, 0.717) is 5.71 Å². The van der Waals surface area contributed by atoms with Crippen molar-refractivity contribution >= 4 is 21.3 Å². The van der Waals surface area contributed by atoms with Crippen molar-refractivity contribution in [3.63, 3.8) is 0 Å². The van der Waals surface area contributed by atoms with E-state index in [1.165, 1.54) is 0 Å². The van der Waals surface area contributed by atoms with Crippen LogP contribution in [-0.4, -0.2) is 21.2 Å².